The molecule has 1 rings (SSSR count). The molecule has 3 heteroatoms. The number of aliphatic hydroxyl groups is 1. The van der Waals surface area contributed by atoms with E-state index >= 15 is 0 Å². The molecule has 86 valence electrons. The molecule has 0 bridgehead atoms. The SMILES string of the molecule is CCC(C)(CCO)NCc1ccc(C)s1. The first-order chi connectivity index (χ1) is 7.09. The Kier molecular flexibility index (Phi) is 4.77. The summed E-state index contributed by atoms with van der Waals surface area (Å²) in [6.45, 7) is 7.61. The quantitative estimate of drug-likeness (QED) is 0.783. The molecule has 0 aromatic carbocycles. The van der Waals surface area contributed by atoms with E-state index < -0.39 is 0 Å². The summed E-state index contributed by atoms with van der Waals surface area (Å²) in [4.78, 5) is 2.72. The Bertz CT molecular complexity index is 298. The number of hydrogen-bond donors (Lipinski definition) is 2. The van der Waals surface area contributed by atoms with E-state index in [1.165, 1.54) is 9.75 Å². The second-order valence-corrected chi connectivity index (χ2v) is 5.63. The predicted octanol–water partition coefficient (Wildman–Crippen LogP) is 2.70. The second-order valence-electron chi connectivity index (χ2n) is 4.25. The Morgan fingerprint density at radius 2 is 2.20 bits per heavy atom. The van der Waals surface area contributed by atoms with Gasteiger partial charge in [-0.05, 0) is 38.8 Å². The van der Waals surface area contributed by atoms with Gasteiger partial charge in [-0.1, -0.05) is 6.92 Å². The third-order valence-corrected chi connectivity index (χ3v) is 3.93. The lowest BCUT2D eigenvalue weighted by Gasteiger charge is -2.28. The topological polar surface area (TPSA) is 32.3 Å². The van der Waals surface area contributed by atoms with E-state index in [-0.39, 0.29) is 12.1 Å². The largest absolute Gasteiger partial charge is 0.396 e. The van der Waals surface area contributed by atoms with Crippen LogP contribution in [0, 0.1) is 6.92 Å². The number of nitrogens with one attached hydrogen (secondary N) is 1. The van der Waals surface area contributed by atoms with Crippen LogP contribution in [0.2, 0.25) is 0 Å². The van der Waals surface area contributed by atoms with Gasteiger partial charge in [-0.25, -0.2) is 0 Å². The fraction of sp³-hybridized carbons (Fsp3) is 0.667. The van der Waals surface area contributed by atoms with Crippen molar-refractivity contribution in [3.05, 3.63) is 21.9 Å². The molecule has 1 aromatic heterocycles. The first kappa shape index (κ1) is 12.7. The van der Waals surface area contributed by atoms with Crippen molar-refractivity contribution in [2.24, 2.45) is 0 Å². The van der Waals surface area contributed by atoms with E-state index in [0.29, 0.717) is 0 Å². The number of rotatable bonds is 6. The van der Waals surface area contributed by atoms with Gasteiger partial charge in [0.05, 0.1) is 0 Å². The molecule has 0 saturated heterocycles. The summed E-state index contributed by atoms with van der Waals surface area (Å²) >= 11 is 1.83. The van der Waals surface area contributed by atoms with Crippen LogP contribution in [0.15, 0.2) is 12.1 Å². The molecule has 1 heterocycles. The Hall–Kier alpha value is -0.380. The third kappa shape index (κ3) is 3.93. The van der Waals surface area contributed by atoms with Crippen LogP contribution in [-0.2, 0) is 6.54 Å². The van der Waals surface area contributed by atoms with E-state index in [2.05, 4.69) is 38.2 Å². The van der Waals surface area contributed by atoms with Gasteiger partial charge >= 0.3 is 0 Å². The van der Waals surface area contributed by atoms with E-state index in [1.807, 2.05) is 11.3 Å². The minimum Gasteiger partial charge on any atom is -0.396 e. The van der Waals surface area contributed by atoms with Crippen LogP contribution >= 0.6 is 11.3 Å². The predicted molar refractivity (Wildman–Crippen MR) is 66.3 cm³/mol. The molecule has 1 aromatic rings. The van der Waals surface area contributed by atoms with Gasteiger partial charge in [-0.2, -0.15) is 0 Å². The van der Waals surface area contributed by atoms with Crippen molar-refractivity contribution in [1.29, 1.82) is 0 Å². The van der Waals surface area contributed by atoms with Crippen LogP contribution in [0.25, 0.3) is 0 Å². The van der Waals surface area contributed by atoms with Crippen LogP contribution < -0.4 is 5.32 Å². The second kappa shape index (κ2) is 5.64. The molecular weight excluding hydrogens is 206 g/mol. The highest BCUT2D eigenvalue weighted by Gasteiger charge is 2.20. The number of hydrogen-bond acceptors (Lipinski definition) is 3. The molecule has 0 spiro atoms. The highest BCUT2D eigenvalue weighted by atomic mass is 32.1. The van der Waals surface area contributed by atoms with Crippen LogP contribution in [-0.4, -0.2) is 17.3 Å². The molecular formula is C12H21NOS. The van der Waals surface area contributed by atoms with Crippen LogP contribution in [0.1, 0.15) is 36.4 Å². The Morgan fingerprint density at radius 1 is 1.47 bits per heavy atom. The molecule has 2 nitrogen and oxygen atoms in total. The van der Waals surface area contributed by atoms with Gasteiger partial charge in [-0.15, -0.1) is 11.3 Å². The van der Waals surface area contributed by atoms with Gasteiger partial charge in [0.1, 0.15) is 0 Å². The minimum absolute atomic E-state index is 0.0621. The molecule has 0 aliphatic heterocycles. The van der Waals surface area contributed by atoms with Gasteiger partial charge in [-0.3, -0.25) is 0 Å². The lowest BCUT2D eigenvalue weighted by Crippen LogP contribution is -2.41. The molecule has 1 atom stereocenters. The van der Waals surface area contributed by atoms with Crippen molar-refractivity contribution in [1.82, 2.24) is 5.32 Å². The molecule has 2 N–H and O–H groups in total. The molecule has 15 heavy (non-hydrogen) atoms. The fourth-order valence-electron chi connectivity index (χ4n) is 1.52. The monoisotopic (exact) mass is 227 g/mol. The highest BCUT2D eigenvalue weighted by Crippen LogP contribution is 2.18. The average Bonchev–Trinajstić information content (AvgIpc) is 2.62. The minimum atomic E-state index is 0.0621. The van der Waals surface area contributed by atoms with Crippen molar-refractivity contribution in [3.8, 4) is 0 Å². The van der Waals surface area contributed by atoms with Crippen molar-refractivity contribution in [2.45, 2.75) is 45.7 Å². The number of aliphatic hydroxyl groups excluding tert-OH is 1. The van der Waals surface area contributed by atoms with Crippen molar-refractivity contribution in [2.75, 3.05) is 6.61 Å². The summed E-state index contributed by atoms with van der Waals surface area (Å²) in [7, 11) is 0. The van der Waals surface area contributed by atoms with E-state index in [4.69, 9.17) is 5.11 Å². The summed E-state index contributed by atoms with van der Waals surface area (Å²) in [6, 6.07) is 4.32. The maximum absolute atomic E-state index is 9.00. The Balaban J connectivity index is 2.47. The van der Waals surface area contributed by atoms with Crippen molar-refractivity contribution >= 4 is 11.3 Å². The molecule has 0 saturated carbocycles. The summed E-state index contributed by atoms with van der Waals surface area (Å²) in [5.41, 5.74) is 0.0621. The van der Waals surface area contributed by atoms with Crippen LogP contribution in [0.4, 0.5) is 0 Å². The first-order valence-corrected chi connectivity index (χ1v) is 6.32. The fourth-order valence-corrected chi connectivity index (χ4v) is 2.35. The molecule has 0 amide bonds. The zero-order valence-electron chi connectivity index (χ0n) is 9.84. The zero-order valence-corrected chi connectivity index (χ0v) is 10.7. The standard InChI is InChI=1S/C12H21NOS/c1-4-12(3,7-8-14)13-9-11-6-5-10(2)15-11/h5-6,13-14H,4,7-9H2,1-3H3. The molecule has 0 aliphatic rings. The van der Waals surface area contributed by atoms with Crippen molar-refractivity contribution < 1.29 is 5.11 Å². The lowest BCUT2D eigenvalue weighted by molar-refractivity contribution is 0.215. The van der Waals surface area contributed by atoms with Crippen LogP contribution in [0.5, 0.6) is 0 Å². The maximum Gasteiger partial charge on any atom is 0.0448 e. The van der Waals surface area contributed by atoms with Gasteiger partial charge in [0.15, 0.2) is 0 Å². The van der Waals surface area contributed by atoms with Crippen LogP contribution in [0.3, 0.4) is 0 Å². The summed E-state index contributed by atoms with van der Waals surface area (Å²) in [6.07, 6.45) is 1.85. The molecule has 0 fully saturated rings. The van der Waals surface area contributed by atoms with E-state index in [1.54, 1.807) is 0 Å². The van der Waals surface area contributed by atoms with Gasteiger partial charge in [0.25, 0.3) is 0 Å². The summed E-state index contributed by atoms with van der Waals surface area (Å²) < 4.78 is 0. The van der Waals surface area contributed by atoms with E-state index in [9.17, 15) is 0 Å². The lowest BCUT2D eigenvalue weighted by atomic mass is 9.95. The van der Waals surface area contributed by atoms with Gasteiger partial charge in [0.2, 0.25) is 0 Å². The third-order valence-electron chi connectivity index (χ3n) is 2.93. The zero-order chi connectivity index (χ0) is 11.3. The average molecular weight is 227 g/mol. The maximum atomic E-state index is 9.00. The molecule has 0 aliphatic carbocycles. The van der Waals surface area contributed by atoms with Crippen molar-refractivity contribution in [3.63, 3.8) is 0 Å². The summed E-state index contributed by atoms with van der Waals surface area (Å²) in [5.74, 6) is 0. The Labute approximate surface area is 96.3 Å². The van der Waals surface area contributed by atoms with Gasteiger partial charge < -0.3 is 10.4 Å². The smallest absolute Gasteiger partial charge is 0.0448 e. The number of aryl methyl sites for hydroxylation is 1. The first-order valence-electron chi connectivity index (χ1n) is 5.51. The Morgan fingerprint density at radius 3 is 2.67 bits per heavy atom. The molecule has 0 radical (unpaired) electrons. The molecule has 1 unspecified atom stereocenters. The van der Waals surface area contributed by atoms with Gasteiger partial charge in [0, 0.05) is 28.4 Å². The van der Waals surface area contributed by atoms with E-state index in [0.717, 1.165) is 19.4 Å². The summed E-state index contributed by atoms with van der Waals surface area (Å²) in [5, 5.41) is 12.5. The number of thiophene rings is 1. The normalized spacial score (nSPS) is 15.2. The highest BCUT2D eigenvalue weighted by molar-refractivity contribution is 7.11.